The molecule has 1 aliphatic carbocycles. The summed E-state index contributed by atoms with van der Waals surface area (Å²) in [5, 5.41) is 9.98. The van der Waals surface area contributed by atoms with Crippen LogP contribution in [0, 0.1) is 11.3 Å². The van der Waals surface area contributed by atoms with Crippen LogP contribution in [0.15, 0.2) is 29.5 Å². The highest BCUT2D eigenvalue weighted by atomic mass is 35.5. The van der Waals surface area contributed by atoms with Crippen molar-refractivity contribution >= 4 is 22.9 Å². The lowest BCUT2D eigenvalue weighted by molar-refractivity contribution is 0.276. The molecule has 1 atom stereocenters. The average Bonchev–Trinajstić information content (AvgIpc) is 2.74. The van der Waals surface area contributed by atoms with Gasteiger partial charge in [-0.15, -0.1) is 11.3 Å². The van der Waals surface area contributed by atoms with Gasteiger partial charge in [0.1, 0.15) is 16.6 Å². The van der Waals surface area contributed by atoms with Crippen molar-refractivity contribution in [2.75, 3.05) is 0 Å². The van der Waals surface area contributed by atoms with E-state index in [-0.39, 0.29) is 0 Å². The summed E-state index contributed by atoms with van der Waals surface area (Å²) in [6.07, 6.45) is 7.66. The minimum atomic E-state index is -1.48. The van der Waals surface area contributed by atoms with Gasteiger partial charge in [0.15, 0.2) is 0 Å². The molecule has 1 aliphatic rings. The summed E-state index contributed by atoms with van der Waals surface area (Å²) in [5.74, 6) is 0. The molecule has 17 heavy (non-hydrogen) atoms. The van der Waals surface area contributed by atoms with Crippen molar-refractivity contribution in [3.8, 4) is 6.07 Å². The smallest absolute Gasteiger partial charge is 0.149 e. The van der Waals surface area contributed by atoms with Gasteiger partial charge in [-0.1, -0.05) is 17.7 Å². The molecule has 5 heteroatoms. The van der Waals surface area contributed by atoms with E-state index in [4.69, 9.17) is 16.9 Å². The van der Waals surface area contributed by atoms with Gasteiger partial charge in [-0.25, -0.2) is 9.37 Å². The van der Waals surface area contributed by atoms with E-state index in [2.05, 4.69) is 4.98 Å². The summed E-state index contributed by atoms with van der Waals surface area (Å²) >= 11 is 7.13. The van der Waals surface area contributed by atoms with E-state index >= 15 is 0 Å². The molecule has 1 unspecified atom stereocenters. The fourth-order valence-corrected chi connectivity index (χ4v) is 2.65. The Kier molecular flexibility index (Phi) is 3.60. The zero-order chi connectivity index (χ0) is 12.3. The first-order valence-corrected chi connectivity index (χ1v) is 6.39. The third-order valence-electron chi connectivity index (χ3n) is 2.49. The highest BCUT2D eigenvalue weighted by Crippen LogP contribution is 2.30. The molecule has 0 saturated heterocycles. The van der Waals surface area contributed by atoms with E-state index in [1.54, 1.807) is 6.08 Å². The molecular formula is C12H10ClFN2S. The van der Waals surface area contributed by atoms with Gasteiger partial charge in [0.05, 0.1) is 11.2 Å². The molecule has 0 saturated carbocycles. The highest BCUT2D eigenvalue weighted by Gasteiger charge is 2.26. The zero-order valence-electron chi connectivity index (χ0n) is 8.99. The zero-order valence-corrected chi connectivity index (χ0v) is 10.6. The van der Waals surface area contributed by atoms with Crippen LogP contribution in [0.2, 0.25) is 0 Å². The third-order valence-corrected chi connectivity index (χ3v) is 3.72. The summed E-state index contributed by atoms with van der Waals surface area (Å²) in [7, 11) is 0. The minimum Gasteiger partial charge on any atom is -0.248 e. The molecule has 2 rings (SSSR count). The van der Waals surface area contributed by atoms with E-state index in [1.165, 1.54) is 29.7 Å². The number of hydrogen-bond acceptors (Lipinski definition) is 3. The Balaban J connectivity index is 2.00. The van der Waals surface area contributed by atoms with Gasteiger partial charge >= 0.3 is 0 Å². The Hall–Kier alpha value is -1.18. The number of nitrogens with zero attached hydrogens (tertiary/aromatic N) is 2. The number of rotatable bonds is 3. The number of hydrogen-bond donors (Lipinski definition) is 0. The predicted molar refractivity (Wildman–Crippen MR) is 66.7 cm³/mol. The first-order valence-electron chi connectivity index (χ1n) is 5.20. The van der Waals surface area contributed by atoms with Gasteiger partial charge < -0.3 is 0 Å². The second-order valence-electron chi connectivity index (χ2n) is 3.85. The largest absolute Gasteiger partial charge is 0.248 e. The van der Waals surface area contributed by atoms with Crippen LogP contribution < -0.4 is 0 Å². The monoisotopic (exact) mass is 268 g/mol. The Morgan fingerprint density at radius 1 is 1.65 bits per heavy atom. The van der Waals surface area contributed by atoms with Crippen LogP contribution in [0.3, 0.4) is 0 Å². The Bertz CT molecular complexity index is 515. The normalized spacial score (nSPS) is 23.2. The maximum Gasteiger partial charge on any atom is 0.149 e. The SMILES string of the molecule is N#Cc1cnc(CCC2(F)C=CCC(Cl)=C2)s1. The van der Waals surface area contributed by atoms with Crippen molar-refractivity contribution in [2.24, 2.45) is 0 Å². The Morgan fingerprint density at radius 2 is 2.47 bits per heavy atom. The number of aromatic nitrogens is 1. The van der Waals surface area contributed by atoms with E-state index in [0.717, 1.165) is 5.01 Å². The summed E-state index contributed by atoms with van der Waals surface area (Å²) in [4.78, 5) is 4.63. The van der Waals surface area contributed by atoms with Gasteiger partial charge in [0, 0.05) is 17.9 Å². The van der Waals surface area contributed by atoms with E-state index in [9.17, 15) is 4.39 Å². The molecule has 0 N–H and O–H groups in total. The standard InChI is InChI=1S/C12H10ClFN2S/c13-9-2-1-4-12(14,6-9)5-3-11-16-8-10(7-15)17-11/h1,4,6,8H,2-3,5H2. The van der Waals surface area contributed by atoms with Crippen LogP contribution in [0.25, 0.3) is 0 Å². The van der Waals surface area contributed by atoms with Gasteiger partial charge in [0.2, 0.25) is 0 Å². The Labute approximate surface area is 108 Å². The second kappa shape index (κ2) is 4.99. The molecule has 0 aliphatic heterocycles. The van der Waals surface area contributed by atoms with Gasteiger partial charge in [-0.05, 0) is 18.6 Å². The van der Waals surface area contributed by atoms with Crippen molar-refractivity contribution in [3.63, 3.8) is 0 Å². The molecule has 0 amide bonds. The van der Waals surface area contributed by atoms with Crippen LogP contribution in [0.4, 0.5) is 4.39 Å². The first kappa shape index (κ1) is 12.3. The third kappa shape index (κ3) is 3.15. The summed E-state index contributed by atoms with van der Waals surface area (Å²) in [6.45, 7) is 0. The minimum absolute atomic E-state index is 0.304. The van der Waals surface area contributed by atoms with Gasteiger partial charge in [0.25, 0.3) is 0 Å². The first-order chi connectivity index (χ1) is 8.11. The quantitative estimate of drug-likeness (QED) is 0.783. The predicted octanol–water partition coefficient (Wildman–Crippen LogP) is 3.74. The summed E-state index contributed by atoms with van der Waals surface area (Å²) in [5.41, 5.74) is -1.48. The summed E-state index contributed by atoms with van der Waals surface area (Å²) < 4.78 is 14.3. The van der Waals surface area contributed by atoms with Crippen molar-refractivity contribution < 1.29 is 4.39 Å². The lowest BCUT2D eigenvalue weighted by Crippen LogP contribution is -2.19. The molecule has 0 bridgehead atoms. The molecule has 1 aromatic rings. The molecule has 0 radical (unpaired) electrons. The van der Waals surface area contributed by atoms with E-state index in [1.807, 2.05) is 6.07 Å². The number of halogens is 2. The molecule has 0 spiro atoms. The molecular weight excluding hydrogens is 259 g/mol. The number of aryl methyl sites for hydroxylation is 1. The lowest BCUT2D eigenvalue weighted by atomic mass is 9.95. The fourth-order valence-electron chi connectivity index (χ4n) is 1.67. The number of thiazole rings is 1. The highest BCUT2D eigenvalue weighted by molar-refractivity contribution is 7.12. The van der Waals surface area contributed by atoms with Gasteiger partial charge in [-0.2, -0.15) is 5.26 Å². The maximum absolute atomic E-state index is 14.3. The molecule has 1 heterocycles. The lowest BCUT2D eigenvalue weighted by Gasteiger charge is -2.20. The molecule has 1 aromatic heterocycles. The molecule has 88 valence electrons. The van der Waals surface area contributed by atoms with Crippen LogP contribution >= 0.6 is 22.9 Å². The number of alkyl halides is 1. The molecule has 2 nitrogen and oxygen atoms in total. The van der Waals surface area contributed by atoms with Crippen LogP contribution in [0.1, 0.15) is 22.7 Å². The molecule has 0 aromatic carbocycles. The van der Waals surface area contributed by atoms with Gasteiger partial charge in [-0.3, -0.25) is 0 Å². The summed E-state index contributed by atoms with van der Waals surface area (Å²) in [6, 6.07) is 2.02. The molecule has 0 fully saturated rings. The number of allylic oxidation sites excluding steroid dienone is 4. The second-order valence-corrected chi connectivity index (χ2v) is 5.46. The topological polar surface area (TPSA) is 36.7 Å². The van der Waals surface area contributed by atoms with E-state index < -0.39 is 5.67 Å². The van der Waals surface area contributed by atoms with Crippen molar-refractivity contribution in [1.82, 2.24) is 4.98 Å². The van der Waals surface area contributed by atoms with Crippen LogP contribution in [-0.2, 0) is 6.42 Å². The van der Waals surface area contributed by atoms with Crippen LogP contribution in [-0.4, -0.2) is 10.7 Å². The van der Waals surface area contributed by atoms with Crippen molar-refractivity contribution in [2.45, 2.75) is 24.9 Å². The average molecular weight is 269 g/mol. The maximum atomic E-state index is 14.3. The Morgan fingerprint density at radius 3 is 3.12 bits per heavy atom. The van der Waals surface area contributed by atoms with Crippen molar-refractivity contribution in [1.29, 1.82) is 5.26 Å². The van der Waals surface area contributed by atoms with Crippen molar-refractivity contribution in [3.05, 3.63) is 39.3 Å². The fraction of sp³-hybridized carbons (Fsp3) is 0.333. The van der Waals surface area contributed by atoms with E-state index in [0.29, 0.717) is 29.2 Å². The van der Waals surface area contributed by atoms with Crippen LogP contribution in [0.5, 0.6) is 0 Å². The number of nitriles is 1.